The van der Waals surface area contributed by atoms with Gasteiger partial charge in [0.2, 0.25) is 0 Å². The minimum atomic E-state index is 1.25. The van der Waals surface area contributed by atoms with Gasteiger partial charge in [0, 0.05) is 0 Å². The Morgan fingerprint density at radius 3 is 1.40 bits per heavy atom. The van der Waals surface area contributed by atoms with Crippen molar-refractivity contribution in [2.45, 2.75) is 20.3 Å². The van der Waals surface area contributed by atoms with Crippen molar-refractivity contribution in [2.24, 2.45) is 0 Å². The minimum Gasteiger partial charge on any atom is -0.307 e. The highest BCUT2D eigenvalue weighted by molar-refractivity contribution is 5.10. The summed E-state index contributed by atoms with van der Waals surface area (Å²) in [6.07, 6.45) is 1.25. The van der Waals surface area contributed by atoms with Gasteiger partial charge in [-0.3, -0.25) is 0 Å². The van der Waals surface area contributed by atoms with Crippen LogP contribution in [0.3, 0.4) is 0 Å². The minimum absolute atomic E-state index is 1.25. The van der Waals surface area contributed by atoms with E-state index in [0.29, 0.717) is 0 Å². The first kappa shape index (κ1) is 8.82. The fourth-order valence-electron chi connectivity index (χ4n) is 0. The van der Waals surface area contributed by atoms with Gasteiger partial charge in [-0.2, -0.15) is 0 Å². The van der Waals surface area contributed by atoms with E-state index in [1.54, 1.807) is 0 Å². The van der Waals surface area contributed by atoms with Crippen LogP contribution in [-0.4, -0.2) is 6.79 Å². The Morgan fingerprint density at radius 1 is 1.40 bits per heavy atom. The van der Waals surface area contributed by atoms with Gasteiger partial charge in [-0.15, -0.1) is 0 Å². The second-order valence-corrected chi connectivity index (χ2v) is 0.707. The average Bonchev–Trinajstić information content (AvgIpc) is 1.46. The van der Waals surface area contributed by atoms with Crippen molar-refractivity contribution in [1.29, 1.82) is 0 Å². The van der Waals surface area contributed by atoms with E-state index in [1.807, 2.05) is 6.79 Å². The van der Waals surface area contributed by atoms with Crippen LogP contribution in [0.2, 0.25) is 0 Å². The lowest BCUT2D eigenvalue weighted by molar-refractivity contribution is -0.0979. The molecule has 0 aliphatic heterocycles. The van der Waals surface area contributed by atoms with E-state index < -0.39 is 0 Å². The summed E-state index contributed by atoms with van der Waals surface area (Å²) in [5.41, 5.74) is 0. The predicted octanol–water partition coefficient (Wildman–Crippen LogP) is 1.23. The Hall–Kier alpha value is -0.330. The molecule has 0 radical (unpaired) electrons. The molecule has 0 aliphatic rings. The van der Waals surface area contributed by atoms with Crippen molar-refractivity contribution in [3.05, 3.63) is 0 Å². The molecule has 0 amide bonds. The highest BCUT2D eigenvalue weighted by atomic mass is 16.1. The Balaban J connectivity index is 0. The Bertz CT molecular complexity index is 7.61. The van der Waals surface area contributed by atoms with E-state index >= 15 is 0 Å². The molecule has 1 heteroatoms. The molecular weight excluding hydrogens is 64.0 g/mol. The summed E-state index contributed by atoms with van der Waals surface area (Å²) in [4.78, 5) is 8.00. The van der Waals surface area contributed by atoms with E-state index in [2.05, 4.69) is 13.8 Å². The SMILES string of the molecule is C=O.CCC. The molecule has 0 spiro atoms. The third-order valence-corrected chi connectivity index (χ3v) is 0. The predicted molar refractivity (Wildman–Crippen MR) is 23.1 cm³/mol. The maximum absolute atomic E-state index is 8.00. The molecular formula is C4H10O. The molecule has 32 valence electrons. The van der Waals surface area contributed by atoms with Crippen LogP contribution in [0.25, 0.3) is 0 Å². The van der Waals surface area contributed by atoms with Gasteiger partial charge < -0.3 is 4.79 Å². The van der Waals surface area contributed by atoms with Crippen LogP contribution in [0.15, 0.2) is 0 Å². The molecule has 5 heavy (non-hydrogen) atoms. The standard InChI is InChI=1S/C3H8.CH2O/c1-3-2;1-2/h3H2,1-2H3;1H2. The molecule has 0 unspecified atom stereocenters. The quantitative estimate of drug-likeness (QED) is 0.422. The number of hydrogen-bond acceptors (Lipinski definition) is 1. The second kappa shape index (κ2) is 58.3. The van der Waals surface area contributed by atoms with Gasteiger partial charge in [0.25, 0.3) is 0 Å². The molecule has 0 bridgehead atoms. The molecule has 0 rings (SSSR count). The summed E-state index contributed by atoms with van der Waals surface area (Å²) >= 11 is 0. The topological polar surface area (TPSA) is 17.1 Å². The first-order chi connectivity index (χ1) is 2.41. The monoisotopic (exact) mass is 74.1 g/mol. The van der Waals surface area contributed by atoms with E-state index in [4.69, 9.17) is 4.79 Å². The van der Waals surface area contributed by atoms with Crippen molar-refractivity contribution in [3.63, 3.8) is 0 Å². The first-order valence-corrected chi connectivity index (χ1v) is 1.70. The van der Waals surface area contributed by atoms with Crippen molar-refractivity contribution in [1.82, 2.24) is 0 Å². The molecule has 0 fully saturated rings. The molecule has 0 aliphatic carbocycles. The van der Waals surface area contributed by atoms with Gasteiger partial charge >= 0.3 is 0 Å². The van der Waals surface area contributed by atoms with Gasteiger partial charge in [-0.1, -0.05) is 20.3 Å². The summed E-state index contributed by atoms with van der Waals surface area (Å²) in [6.45, 7) is 6.25. The summed E-state index contributed by atoms with van der Waals surface area (Å²) in [6, 6.07) is 0. The van der Waals surface area contributed by atoms with Gasteiger partial charge in [0.05, 0.1) is 0 Å². The fraction of sp³-hybridized carbons (Fsp3) is 0.750. The lowest BCUT2D eigenvalue weighted by atomic mass is 10.6. The largest absolute Gasteiger partial charge is 0.307 e. The second-order valence-electron chi connectivity index (χ2n) is 0.707. The number of hydrogen-bond donors (Lipinski definition) is 0. The van der Waals surface area contributed by atoms with Crippen LogP contribution < -0.4 is 0 Å². The highest BCUT2D eigenvalue weighted by Crippen LogP contribution is 1.56. The van der Waals surface area contributed by atoms with Gasteiger partial charge in [0.1, 0.15) is 6.79 Å². The van der Waals surface area contributed by atoms with Crippen molar-refractivity contribution in [2.75, 3.05) is 0 Å². The third-order valence-electron chi connectivity index (χ3n) is 0. The number of carbonyl (C=O) groups excluding carboxylic acids is 1. The molecule has 1 nitrogen and oxygen atoms in total. The molecule has 0 atom stereocenters. The Labute approximate surface area is 33.0 Å². The van der Waals surface area contributed by atoms with Gasteiger partial charge in [0.15, 0.2) is 0 Å². The first-order valence-electron chi connectivity index (χ1n) is 1.70. The molecule has 0 saturated carbocycles. The Kier molecular flexibility index (Phi) is 103. The summed E-state index contributed by atoms with van der Waals surface area (Å²) in [5.74, 6) is 0. The summed E-state index contributed by atoms with van der Waals surface area (Å²) in [5, 5.41) is 0. The summed E-state index contributed by atoms with van der Waals surface area (Å²) < 4.78 is 0. The molecule has 0 heterocycles. The van der Waals surface area contributed by atoms with Crippen LogP contribution in [0.5, 0.6) is 0 Å². The van der Waals surface area contributed by atoms with Crippen LogP contribution >= 0.6 is 0 Å². The summed E-state index contributed by atoms with van der Waals surface area (Å²) in [7, 11) is 0. The zero-order valence-corrected chi connectivity index (χ0v) is 3.82. The van der Waals surface area contributed by atoms with Crippen molar-refractivity contribution in [3.8, 4) is 0 Å². The number of carbonyl (C=O) groups is 1. The normalized spacial score (nSPS) is 4.40. The lowest BCUT2D eigenvalue weighted by Gasteiger charge is -1.48. The van der Waals surface area contributed by atoms with E-state index in [-0.39, 0.29) is 0 Å². The Morgan fingerprint density at radius 2 is 1.40 bits per heavy atom. The van der Waals surface area contributed by atoms with Gasteiger partial charge in [-0.25, -0.2) is 0 Å². The van der Waals surface area contributed by atoms with Crippen LogP contribution in [0.4, 0.5) is 0 Å². The molecule has 0 aromatic rings. The van der Waals surface area contributed by atoms with Crippen LogP contribution in [0.1, 0.15) is 20.3 Å². The number of rotatable bonds is 0. The molecule has 0 aromatic heterocycles. The smallest absolute Gasteiger partial charge is 0.106 e. The van der Waals surface area contributed by atoms with Gasteiger partial charge in [-0.05, 0) is 0 Å². The van der Waals surface area contributed by atoms with Crippen molar-refractivity contribution >= 4 is 6.79 Å². The van der Waals surface area contributed by atoms with E-state index in [1.165, 1.54) is 6.42 Å². The van der Waals surface area contributed by atoms with E-state index in [0.717, 1.165) is 0 Å². The highest BCUT2D eigenvalue weighted by Gasteiger charge is 1.35. The molecule has 0 N–H and O–H groups in total. The van der Waals surface area contributed by atoms with E-state index in [9.17, 15) is 0 Å². The van der Waals surface area contributed by atoms with Crippen LogP contribution in [0, 0.1) is 0 Å². The van der Waals surface area contributed by atoms with Crippen molar-refractivity contribution < 1.29 is 4.79 Å². The maximum atomic E-state index is 8.00. The molecule has 0 saturated heterocycles. The molecule has 0 aromatic carbocycles. The average molecular weight is 74.1 g/mol. The van der Waals surface area contributed by atoms with Crippen LogP contribution in [-0.2, 0) is 4.79 Å². The maximum Gasteiger partial charge on any atom is 0.106 e. The third kappa shape index (κ3) is 94.0. The lowest BCUT2D eigenvalue weighted by Crippen LogP contribution is -1.27. The zero-order valence-electron chi connectivity index (χ0n) is 3.82. The fourth-order valence-corrected chi connectivity index (χ4v) is 0. The zero-order chi connectivity index (χ0) is 4.71.